The number of ether oxygens (including phenoxy) is 3. The summed E-state index contributed by atoms with van der Waals surface area (Å²) < 4.78 is 34.5. The highest BCUT2D eigenvalue weighted by molar-refractivity contribution is 5.10. The molecule has 0 amide bonds. The van der Waals surface area contributed by atoms with Gasteiger partial charge in [-0.15, -0.1) is 0 Å². The minimum atomic E-state index is -1.55. The van der Waals surface area contributed by atoms with E-state index < -0.39 is 5.85 Å². The maximum Gasteiger partial charge on any atom is 0.217 e. The topological polar surface area (TPSA) is 51.5 Å². The minimum Gasteiger partial charge on any atom is -0.372 e. The normalized spacial score (nSPS) is 45.4. The minimum absolute atomic E-state index is 0.00379. The van der Waals surface area contributed by atoms with Crippen LogP contribution in [0.3, 0.4) is 0 Å². The van der Waals surface area contributed by atoms with Crippen LogP contribution >= 0.6 is 0 Å². The van der Waals surface area contributed by atoms with Crippen LogP contribution in [0, 0.1) is 35.0 Å². The van der Waals surface area contributed by atoms with Gasteiger partial charge in [0.2, 0.25) is 5.85 Å². The van der Waals surface area contributed by atoms with Gasteiger partial charge in [0, 0.05) is 24.4 Å². The van der Waals surface area contributed by atoms with Crippen molar-refractivity contribution in [1.82, 2.24) is 0 Å². The second-order valence-corrected chi connectivity index (χ2v) is 9.55. The van der Waals surface area contributed by atoms with E-state index in [1.54, 1.807) is 0 Å². The smallest absolute Gasteiger partial charge is 0.217 e. The number of nitriles is 1. The Hall–Kier alpha value is -0.700. The molecule has 1 heterocycles. The van der Waals surface area contributed by atoms with Crippen molar-refractivity contribution in [3.8, 4) is 6.07 Å². The lowest BCUT2D eigenvalue weighted by Crippen LogP contribution is -2.64. The van der Waals surface area contributed by atoms with Gasteiger partial charge in [-0.2, -0.15) is 5.26 Å². The van der Waals surface area contributed by atoms with Crippen molar-refractivity contribution in [3.63, 3.8) is 0 Å². The number of hydrogen-bond acceptors (Lipinski definition) is 4. The predicted octanol–water partition coefficient (Wildman–Crippen LogP) is 5.12. The molecule has 4 saturated carbocycles. The molecule has 0 N–H and O–H groups in total. The Morgan fingerprint density at radius 2 is 1.96 bits per heavy atom. The van der Waals surface area contributed by atoms with Gasteiger partial charge in [0.05, 0.1) is 17.8 Å². The van der Waals surface area contributed by atoms with Crippen molar-refractivity contribution in [1.29, 1.82) is 5.26 Å². The molecule has 0 spiro atoms. The Labute approximate surface area is 162 Å². The first-order chi connectivity index (χ1) is 13.0. The van der Waals surface area contributed by atoms with Crippen LogP contribution in [0.1, 0.15) is 78.1 Å². The van der Waals surface area contributed by atoms with E-state index in [0.717, 1.165) is 64.2 Å². The molecule has 1 saturated heterocycles. The fourth-order valence-corrected chi connectivity index (χ4v) is 6.28. The van der Waals surface area contributed by atoms with Crippen molar-refractivity contribution in [3.05, 3.63) is 0 Å². The van der Waals surface area contributed by atoms with Crippen LogP contribution in [0.25, 0.3) is 0 Å². The summed E-state index contributed by atoms with van der Waals surface area (Å²) >= 11 is 0. The fourth-order valence-electron chi connectivity index (χ4n) is 6.28. The third kappa shape index (κ3) is 3.78. The Kier molecular flexibility index (Phi) is 5.53. The predicted molar refractivity (Wildman–Crippen MR) is 99.4 cm³/mol. The largest absolute Gasteiger partial charge is 0.372 e. The Morgan fingerprint density at radius 3 is 2.56 bits per heavy atom. The average molecular weight is 380 g/mol. The van der Waals surface area contributed by atoms with E-state index in [1.807, 2.05) is 6.92 Å². The molecule has 27 heavy (non-hydrogen) atoms. The molecule has 1 aliphatic heterocycles. The molecule has 5 heteroatoms. The molecule has 5 aliphatic rings. The van der Waals surface area contributed by atoms with E-state index in [4.69, 9.17) is 19.5 Å². The first-order valence-corrected chi connectivity index (χ1v) is 11.0. The standard InChI is InChI=1S/C22H34FNO3/c1-3-19(8-15(2)14-24)26-21-11-16-9-17(12-21)22(23,18(10-16)13-21)27-20-6-4-5-7-25-20/h15-20H,3-13H2,1-2H3. The third-order valence-electron chi connectivity index (χ3n) is 7.41. The number of hydrogen-bond donors (Lipinski definition) is 0. The lowest BCUT2D eigenvalue weighted by molar-refractivity contribution is -0.359. The third-order valence-corrected chi connectivity index (χ3v) is 7.41. The van der Waals surface area contributed by atoms with Crippen LogP contribution in [-0.2, 0) is 14.2 Å². The maximum absolute atomic E-state index is 16.1. The maximum atomic E-state index is 16.1. The van der Waals surface area contributed by atoms with Crippen LogP contribution in [-0.4, -0.2) is 30.5 Å². The zero-order valence-electron chi connectivity index (χ0n) is 16.8. The molecule has 4 bridgehead atoms. The first kappa shape index (κ1) is 19.6. The molecule has 0 aromatic carbocycles. The van der Waals surface area contributed by atoms with Crippen LogP contribution < -0.4 is 0 Å². The summed E-state index contributed by atoms with van der Waals surface area (Å²) in [6.07, 6.45) is 8.67. The van der Waals surface area contributed by atoms with Gasteiger partial charge < -0.3 is 14.2 Å². The van der Waals surface area contributed by atoms with Gasteiger partial charge in [0.15, 0.2) is 6.29 Å². The van der Waals surface area contributed by atoms with Gasteiger partial charge >= 0.3 is 0 Å². The molecular formula is C22H34FNO3. The zero-order valence-corrected chi connectivity index (χ0v) is 16.8. The first-order valence-electron chi connectivity index (χ1n) is 11.0. The van der Waals surface area contributed by atoms with Crippen molar-refractivity contribution < 1.29 is 18.6 Å². The summed E-state index contributed by atoms with van der Waals surface area (Å²) in [4.78, 5) is 0. The van der Waals surface area contributed by atoms with Gasteiger partial charge in [-0.3, -0.25) is 0 Å². The van der Waals surface area contributed by atoms with Crippen molar-refractivity contribution in [2.24, 2.45) is 23.7 Å². The molecule has 0 radical (unpaired) electrons. The Morgan fingerprint density at radius 1 is 1.22 bits per heavy atom. The molecule has 4 nitrogen and oxygen atoms in total. The lowest BCUT2D eigenvalue weighted by Gasteiger charge is -2.62. The highest BCUT2D eigenvalue weighted by Gasteiger charge is 2.65. The van der Waals surface area contributed by atoms with Crippen molar-refractivity contribution >= 4 is 0 Å². The fraction of sp³-hybridized carbons (Fsp3) is 0.955. The van der Waals surface area contributed by atoms with Crippen LogP contribution in [0.4, 0.5) is 4.39 Å². The molecule has 152 valence electrons. The van der Waals surface area contributed by atoms with Crippen LogP contribution in [0.15, 0.2) is 0 Å². The Balaban J connectivity index is 1.46. The lowest BCUT2D eigenvalue weighted by atomic mass is 9.52. The highest BCUT2D eigenvalue weighted by atomic mass is 19.2. The van der Waals surface area contributed by atoms with Gasteiger partial charge in [0.25, 0.3) is 0 Å². The van der Waals surface area contributed by atoms with E-state index in [-0.39, 0.29) is 35.7 Å². The van der Waals surface area contributed by atoms with Crippen LogP contribution in [0.2, 0.25) is 0 Å². The SMILES string of the molecule is CCC(CC(C)C#N)OC12CC3CC(C1)C(F)(OC1CCCCO1)C(C3)C2. The van der Waals surface area contributed by atoms with E-state index in [2.05, 4.69) is 13.0 Å². The number of halogens is 1. The molecular weight excluding hydrogens is 345 g/mol. The second kappa shape index (κ2) is 7.61. The molecule has 5 unspecified atom stereocenters. The summed E-state index contributed by atoms with van der Waals surface area (Å²) in [6.45, 7) is 4.76. The number of nitrogens with zero attached hydrogens (tertiary/aromatic N) is 1. The van der Waals surface area contributed by atoms with Gasteiger partial charge in [0.1, 0.15) is 0 Å². The van der Waals surface area contributed by atoms with E-state index in [1.165, 1.54) is 0 Å². The number of rotatable bonds is 7. The Bertz CT molecular complexity index is 554. The molecule has 5 fully saturated rings. The van der Waals surface area contributed by atoms with E-state index >= 15 is 4.39 Å². The summed E-state index contributed by atoms with van der Waals surface area (Å²) in [5.74, 6) is -1.17. The second-order valence-electron chi connectivity index (χ2n) is 9.55. The molecule has 5 atom stereocenters. The number of alkyl halides is 1. The van der Waals surface area contributed by atoms with E-state index in [0.29, 0.717) is 12.5 Å². The van der Waals surface area contributed by atoms with Gasteiger partial charge in [-0.25, -0.2) is 4.39 Å². The monoisotopic (exact) mass is 379 g/mol. The molecule has 4 aliphatic carbocycles. The van der Waals surface area contributed by atoms with Crippen molar-refractivity contribution in [2.45, 2.75) is 102 Å². The van der Waals surface area contributed by atoms with Crippen LogP contribution in [0.5, 0.6) is 0 Å². The summed E-state index contributed by atoms with van der Waals surface area (Å²) in [5.41, 5.74) is -0.210. The highest BCUT2D eigenvalue weighted by Crippen LogP contribution is 2.63. The molecule has 0 aromatic heterocycles. The quantitative estimate of drug-likeness (QED) is 0.616. The van der Waals surface area contributed by atoms with Gasteiger partial charge in [-0.05, 0) is 77.0 Å². The summed E-state index contributed by atoms with van der Waals surface area (Å²) in [7, 11) is 0. The van der Waals surface area contributed by atoms with E-state index in [9.17, 15) is 0 Å². The zero-order chi connectivity index (χ0) is 19.1. The molecule has 0 aromatic rings. The summed E-state index contributed by atoms with van der Waals surface area (Å²) in [5, 5.41) is 9.15. The average Bonchev–Trinajstić information content (AvgIpc) is 2.65. The molecule has 5 rings (SSSR count). The summed E-state index contributed by atoms with van der Waals surface area (Å²) in [6, 6.07) is 2.32. The van der Waals surface area contributed by atoms with Gasteiger partial charge in [-0.1, -0.05) is 6.92 Å². The van der Waals surface area contributed by atoms with Crippen molar-refractivity contribution in [2.75, 3.05) is 6.61 Å².